The van der Waals surface area contributed by atoms with E-state index in [9.17, 15) is 0 Å². The van der Waals surface area contributed by atoms with E-state index in [0.717, 1.165) is 17.2 Å². The maximum Gasteiger partial charge on any atom is 0.157 e. The molecule has 0 aromatic carbocycles. The molecule has 3 rings (SSSR count). The van der Waals surface area contributed by atoms with Crippen LogP contribution in [0, 0.1) is 0 Å². The Morgan fingerprint density at radius 2 is 2.29 bits per heavy atom. The third-order valence-corrected chi connectivity index (χ3v) is 2.93. The molecule has 0 unspecified atom stereocenters. The molecule has 72 valence electrons. The summed E-state index contributed by atoms with van der Waals surface area (Å²) in [6, 6.07) is 3.71. The van der Waals surface area contributed by atoms with Gasteiger partial charge in [0.05, 0.1) is 10.7 Å². The van der Waals surface area contributed by atoms with Gasteiger partial charge in [0.1, 0.15) is 5.82 Å². The minimum atomic E-state index is 0.561. The Balaban J connectivity index is 2.33. The van der Waals surface area contributed by atoms with Crippen LogP contribution in [0.3, 0.4) is 0 Å². The second kappa shape index (κ2) is 2.64. The van der Waals surface area contributed by atoms with Gasteiger partial charge in [0.2, 0.25) is 0 Å². The fourth-order valence-corrected chi connectivity index (χ4v) is 1.93. The van der Waals surface area contributed by atoms with Gasteiger partial charge < -0.3 is 5.73 Å². The van der Waals surface area contributed by atoms with Crippen molar-refractivity contribution >= 4 is 23.1 Å². The van der Waals surface area contributed by atoms with Gasteiger partial charge in [-0.05, 0) is 25.0 Å². The second-order valence-corrected chi connectivity index (χ2v) is 4.11. The molecule has 1 saturated carbocycles. The molecular weight excluding hydrogens is 198 g/mol. The average molecular weight is 208 g/mol. The molecular formula is C10H10ClN3. The summed E-state index contributed by atoms with van der Waals surface area (Å²) < 4.78 is 1.86. The molecule has 14 heavy (non-hydrogen) atoms. The van der Waals surface area contributed by atoms with Gasteiger partial charge in [0.25, 0.3) is 0 Å². The lowest BCUT2D eigenvalue weighted by atomic mass is 10.3. The van der Waals surface area contributed by atoms with E-state index >= 15 is 0 Å². The van der Waals surface area contributed by atoms with Gasteiger partial charge in [-0.1, -0.05) is 11.6 Å². The third kappa shape index (κ3) is 1.02. The minimum absolute atomic E-state index is 0.561. The molecule has 2 N–H and O–H groups in total. The standard InChI is InChI=1S/C10H10ClN3/c11-7-2-1-5-14-9(12)8(6-3-4-6)13-10(7)14/h1-2,5-6H,3-4,12H2. The van der Waals surface area contributed by atoms with E-state index in [-0.39, 0.29) is 0 Å². The van der Waals surface area contributed by atoms with Gasteiger partial charge in [-0.3, -0.25) is 4.40 Å². The SMILES string of the molecule is Nc1c(C2CC2)nc2c(Cl)cccn12. The highest BCUT2D eigenvalue weighted by molar-refractivity contribution is 6.33. The summed E-state index contributed by atoms with van der Waals surface area (Å²) in [5, 5.41) is 0.658. The topological polar surface area (TPSA) is 43.3 Å². The number of nitrogens with zero attached hydrogens (tertiary/aromatic N) is 2. The summed E-state index contributed by atoms with van der Waals surface area (Å²) in [7, 11) is 0. The van der Waals surface area contributed by atoms with Crippen LogP contribution in [0.25, 0.3) is 5.65 Å². The number of halogens is 1. The van der Waals surface area contributed by atoms with Crippen molar-refractivity contribution in [2.75, 3.05) is 5.73 Å². The first-order valence-corrected chi connectivity index (χ1v) is 5.07. The zero-order chi connectivity index (χ0) is 9.71. The molecule has 0 atom stereocenters. The highest BCUT2D eigenvalue weighted by atomic mass is 35.5. The normalized spacial score (nSPS) is 16.4. The summed E-state index contributed by atoms with van der Waals surface area (Å²) in [5.74, 6) is 1.30. The lowest BCUT2D eigenvalue weighted by molar-refractivity contribution is 1.06. The molecule has 0 radical (unpaired) electrons. The first-order chi connectivity index (χ1) is 6.77. The van der Waals surface area contributed by atoms with Crippen molar-refractivity contribution in [2.45, 2.75) is 18.8 Å². The summed E-state index contributed by atoms with van der Waals surface area (Å²) >= 11 is 6.03. The van der Waals surface area contributed by atoms with E-state index in [1.54, 1.807) is 0 Å². The zero-order valence-electron chi connectivity index (χ0n) is 7.57. The van der Waals surface area contributed by atoms with Crippen LogP contribution < -0.4 is 5.73 Å². The van der Waals surface area contributed by atoms with Crippen LogP contribution in [0.2, 0.25) is 5.02 Å². The average Bonchev–Trinajstić information content (AvgIpc) is 2.94. The molecule has 0 bridgehead atoms. The molecule has 1 aliphatic carbocycles. The van der Waals surface area contributed by atoms with Gasteiger partial charge in [0, 0.05) is 12.1 Å². The molecule has 1 fully saturated rings. The van der Waals surface area contributed by atoms with E-state index < -0.39 is 0 Å². The Kier molecular flexibility index (Phi) is 1.53. The number of hydrogen-bond acceptors (Lipinski definition) is 2. The fourth-order valence-electron chi connectivity index (χ4n) is 1.73. The van der Waals surface area contributed by atoms with E-state index in [0.29, 0.717) is 10.9 Å². The minimum Gasteiger partial charge on any atom is -0.383 e. The fraction of sp³-hybridized carbons (Fsp3) is 0.300. The van der Waals surface area contributed by atoms with Crippen LogP contribution in [0.4, 0.5) is 5.82 Å². The molecule has 2 aromatic rings. The predicted molar refractivity (Wildman–Crippen MR) is 56.6 cm³/mol. The van der Waals surface area contributed by atoms with Crippen molar-refractivity contribution < 1.29 is 0 Å². The van der Waals surface area contributed by atoms with Crippen molar-refractivity contribution in [1.82, 2.24) is 9.38 Å². The van der Waals surface area contributed by atoms with Crippen molar-refractivity contribution in [3.05, 3.63) is 29.0 Å². The smallest absolute Gasteiger partial charge is 0.157 e. The van der Waals surface area contributed by atoms with Gasteiger partial charge in [-0.15, -0.1) is 0 Å². The maximum atomic E-state index is 6.03. The van der Waals surface area contributed by atoms with Crippen LogP contribution in [0.15, 0.2) is 18.3 Å². The van der Waals surface area contributed by atoms with Gasteiger partial charge >= 0.3 is 0 Å². The quantitative estimate of drug-likeness (QED) is 0.781. The van der Waals surface area contributed by atoms with Gasteiger partial charge in [0.15, 0.2) is 5.65 Å². The molecule has 3 nitrogen and oxygen atoms in total. The molecule has 0 saturated heterocycles. The zero-order valence-corrected chi connectivity index (χ0v) is 8.33. The number of anilines is 1. The number of fused-ring (bicyclic) bond motifs is 1. The number of rotatable bonds is 1. The lowest BCUT2D eigenvalue weighted by Gasteiger charge is -1.96. The highest BCUT2D eigenvalue weighted by Gasteiger charge is 2.29. The summed E-state index contributed by atoms with van der Waals surface area (Å²) in [4.78, 5) is 4.48. The van der Waals surface area contributed by atoms with Gasteiger partial charge in [-0.2, -0.15) is 0 Å². The molecule has 2 heterocycles. The monoisotopic (exact) mass is 207 g/mol. The van der Waals surface area contributed by atoms with Crippen LogP contribution >= 0.6 is 11.6 Å². The number of hydrogen-bond donors (Lipinski definition) is 1. The predicted octanol–water partition coefficient (Wildman–Crippen LogP) is 2.45. The van der Waals surface area contributed by atoms with E-state index in [1.807, 2.05) is 22.7 Å². The number of pyridine rings is 1. The Bertz CT molecular complexity index is 499. The van der Waals surface area contributed by atoms with E-state index in [4.69, 9.17) is 17.3 Å². The second-order valence-electron chi connectivity index (χ2n) is 3.71. The number of nitrogens with two attached hydrogens (primary N) is 1. The van der Waals surface area contributed by atoms with Crippen LogP contribution in [-0.2, 0) is 0 Å². The van der Waals surface area contributed by atoms with Crippen molar-refractivity contribution in [3.8, 4) is 0 Å². The number of aromatic nitrogens is 2. The molecule has 2 aromatic heterocycles. The molecule has 4 heteroatoms. The summed E-state index contributed by atoms with van der Waals surface area (Å²) in [5.41, 5.74) is 7.77. The third-order valence-electron chi connectivity index (χ3n) is 2.63. The molecule has 0 aliphatic heterocycles. The van der Waals surface area contributed by atoms with Crippen molar-refractivity contribution in [3.63, 3.8) is 0 Å². The van der Waals surface area contributed by atoms with E-state index in [2.05, 4.69) is 4.98 Å². The Morgan fingerprint density at radius 1 is 1.50 bits per heavy atom. The maximum absolute atomic E-state index is 6.03. The lowest BCUT2D eigenvalue weighted by Crippen LogP contribution is -1.94. The molecule has 1 aliphatic rings. The Morgan fingerprint density at radius 3 is 2.93 bits per heavy atom. The van der Waals surface area contributed by atoms with E-state index in [1.165, 1.54) is 12.8 Å². The highest BCUT2D eigenvalue weighted by Crippen LogP contribution is 2.42. The van der Waals surface area contributed by atoms with Crippen LogP contribution in [0.1, 0.15) is 24.5 Å². The first kappa shape index (κ1) is 8.12. The summed E-state index contributed by atoms with van der Waals surface area (Å²) in [6.45, 7) is 0. The molecule has 0 amide bonds. The summed E-state index contributed by atoms with van der Waals surface area (Å²) in [6.07, 6.45) is 4.30. The number of imidazole rings is 1. The van der Waals surface area contributed by atoms with Crippen LogP contribution in [-0.4, -0.2) is 9.38 Å². The van der Waals surface area contributed by atoms with Crippen molar-refractivity contribution in [1.29, 1.82) is 0 Å². The number of nitrogen functional groups attached to an aromatic ring is 1. The van der Waals surface area contributed by atoms with Crippen molar-refractivity contribution in [2.24, 2.45) is 0 Å². The Labute approximate surface area is 86.5 Å². The molecule has 0 spiro atoms. The first-order valence-electron chi connectivity index (χ1n) is 4.69. The van der Waals surface area contributed by atoms with Crippen LogP contribution in [0.5, 0.6) is 0 Å². The van der Waals surface area contributed by atoms with Gasteiger partial charge in [-0.25, -0.2) is 4.98 Å². The Hall–Kier alpha value is -1.22. The largest absolute Gasteiger partial charge is 0.383 e.